The molecule has 0 saturated heterocycles. The Labute approximate surface area is 160 Å². The summed E-state index contributed by atoms with van der Waals surface area (Å²) in [6, 6.07) is 10.2. The smallest absolute Gasteiger partial charge is 0.256 e. The average Bonchev–Trinajstić information content (AvgIpc) is 2.67. The van der Waals surface area contributed by atoms with E-state index in [1.54, 1.807) is 23.3 Å². The zero-order chi connectivity index (χ0) is 19.3. The fraction of sp³-hybridized carbons (Fsp3) is 0.368. The zero-order valence-electron chi connectivity index (χ0n) is 15.3. The minimum absolute atomic E-state index is 0.0396. The maximum absolute atomic E-state index is 12.4. The lowest BCUT2D eigenvalue weighted by molar-refractivity contribution is -0.117. The van der Waals surface area contributed by atoms with Crippen LogP contribution in [0.3, 0.4) is 0 Å². The third-order valence-corrected chi connectivity index (χ3v) is 5.64. The van der Waals surface area contributed by atoms with E-state index in [1.165, 1.54) is 5.69 Å². The molecule has 144 valence electrons. The number of nitrogens with zero attached hydrogens (tertiary/aromatic N) is 3. The first-order chi connectivity index (χ1) is 13.0. The van der Waals surface area contributed by atoms with Crippen molar-refractivity contribution in [1.82, 2.24) is 10.2 Å². The van der Waals surface area contributed by atoms with Crippen molar-refractivity contribution in [2.24, 2.45) is 4.40 Å². The Kier molecular flexibility index (Phi) is 5.95. The Hall–Kier alpha value is -2.61. The van der Waals surface area contributed by atoms with Gasteiger partial charge in [0.15, 0.2) is 0 Å². The average molecular weight is 388 g/mol. The van der Waals surface area contributed by atoms with E-state index in [0.717, 1.165) is 19.5 Å². The fourth-order valence-corrected chi connectivity index (χ4v) is 3.99. The summed E-state index contributed by atoms with van der Waals surface area (Å²) in [5.41, 5.74) is 1.68. The minimum Gasteiger partial charge on any atom is -0.372 e. The van der Waals surface area contributed by atoms with E-state index in [0.29, 0.717) is 24.5 Å². The van der Waals surface area contributed by atoms with Crippen LogP contribution in [-0.4, -0.2) is 57.0 Å². The molecule has 0 bridgehead atoms. The summed E-state index contributed by atoms with van der Waals surface area (Å²) < 4.78 is 26.8. The van der Waals surface area contributed by atoms with Crippen LogP contribution in [0, 0.1) is 0 Å². The van der Waals surface area contributed by atoms with Crippen molar-refractivity contribution >= 4 is 27.5 Å². The number of rotatable bonds is 7. The summed E-state index contributed by atoms with van der Waals surface area (Å²) in [7, 11) is -3.38. The van der Waals surface area contributed by atoms with Crippen molar-refractivity contribution in [2.45, 2.75) is 13.3 Å². The summed E-state index contributed by atoms with van der Waals surface area (Å²) in [6.45, 7) is 4.76. The van der Waals surface area contributed by atoms with Gasteiger partial charge in [-0.05, 0) is 37.6 Å². The molecule has 1 amide bonds. The number of para-hydroxylation sites is 1. The van der Waals surface area contributed by atoms with Gasteiger partial charge in [0, 0.05) is 38.1 Å². The van der Waals surface area contributed by atoms with Gasteiger partial charge in [-0.25, -0.2) is 8.42 Å². The van der Waals surface area contributed by atoms with Gasteiger partial charge in [-0.2, -0.15) is 0 Å². The van der Waals surface area contributed by atoms with E-state index in [2.05, 4.69) is 33.7 Å². The molecular formula is C19H24N4O3S. The van der Waals surface area contributed by atoms with Crippen LogP contribution in [0.4, 0.5) is 5.69 Å². The van der Waals surface area contributed by atoms with Gasteiger partial charge in [0.25, 0.3) is 15.9 Å². The normalized spacial score (nSPS) is 17.6. The highest BCUT2D eigenvalue weighted by molar-refractivity contribution is 7.90. The molecular weight excluding hydrogens is 364 g/mol. The van der Waals surface area contributed by atoms with Gasteiger partial charge in [-0.3, -0.25) is 4.79 Å². The maximum atomic E-state index is 12.4. The molecule has 0 fully saturated rings. The van der Waals surface area contributed by atoms with Crippen LogP contribution in [0.25, 0.3) is 0 Å². The van der Waals surface area contributed by atoms with Crippen LogP contribution in [0.5, 0.6) is 0 Å². The number of hydrogen-bond acceptors (Lipinski definition) is 5. The fourth-order valence-electron chi connectivity index (χ4n) is 3.02. The molecule has 1 N–H and O–H groups in total. The Morgan fingerprint density at radius 1 is 1.26 bits per heavy atom. The standard InChI is InChI=1S/C19H24N4O3S/c1-2-22(17-7-4-3-5-8-17)12-6-11-20-19(24)16-9-10-18-21-27(25,26)14-13-23(18)15-16/h3-5,7-10,15H,2,6,11-14H2,1H3,(H,20,24). The number of carbonyl (C=O) groups excluding carboxylic acids is 1. The number of hydrogen-bond donors (Lipinski definition) is 1. The van der Waals surface area contributed by atoms with Gasteiger partial charge < -0.3 is 15.1 Å². The molecule has 2 aliphatic heterocycles. The van der Waals surface area contributed by atoms with Gasteiger partial charge in [0.05, 0.1) is 11.3 Å². The van der Waals surface area contributed by atoms with E-state index in [9.17, 15) is 13.2 Å². The predicted molar refractivity (Wildman–Crippen MR) is 107 cm³/mol. The van der Waals surface area contributed by atoms with Crippen molar-refractivity contribution in [3.8, 4) is 0 Å². The third kappa shape index (κ3) is 4.97. The number of benzene rings is 1. The number of carbonyl (C=O) groups is 1. The SMILES string of the molecule is CCN(CCCNC(=O)C1=CN2CCS(=O)(=O)N=C2C=C1)c1ccccc1. The van der Waals surface area contributed by atoms with Gasteiger partial charge in [-0.1, -0.05) is 18.2 Å². The summed E-state index contributed by atoms with van der Waals surface area (Å²) in [4.78, 5) is 16.3. The van der Waals surface area contributed by atoms with Gasteiger partial charge in [-0.15, -0.1) is 4.40 Å². The van der Waals surface area contributed by atoms with Crippen molar-refractivity contribution < 1.29 is 13.2 Å². The maximum Gasteiger partial charge on any atom is 0.256 e. The molecule has 3 rings (SSSR count). The molecule has 0 aliphatic carbocycles. The number of sulfonamides is 1. The molecule has 27 heavy (non-hydrogen) atoms. The van der Waals surface area contributed by atoms with Crippen molar-refractivity contribution in [2.75, 3.05) is 36.8 Å². The molecule has 2 heterocycles. The third-order valence-electron chi connectivity index (χ3n) is 4.48. The highest BCUT2D eigenvalue weighted by Gasteiger charge is 2.24. The second kappa shape index (κ2) is 8.39. The molecule has 0 aromatic heterocycles. The summed E-state index contributed by atoms with van der Waals surface area (Å²) >= 11 is 0. The van der Waals surface area contributed by atoms with E-state index >= 15 is 0 Å². The number of nitrogens with one attached hydrogen (secondary N) is 1. The summed E-state index contributed by atoms with van der Waals surface area (Å²) in [6.07, 6.45) is 5.67. The van der Waals surface area contributed by atoms with Gasteiger partial charge >= 0.3 is 0 Å². The highest BCUT2D eigenvalue weighted by Crippen LogP contribution is 2.16. The summed E-state index contributed by atoms with van der Waals surface area (Å²) in [5, 5.41) is 2.93. The van der Waals surface area contributed by atoms with Gasteiger partial charge in [0.2, 0.25) is 0 Å². The minimum atomic E-state index is -3.38. The zero-order valence-corrected chi connectivity index (χ0v) is 16.2. The monoisotopic (exact) mass is 388 g/mol. The lowest BCUT2D eigenvalue weighted by atomic mass is 10.1. The largest absolute Gasteiger partial charge is 0.372 e. The van der Waals surface area contributed by atoms with E-state index in [4.69, 9.17) is 0 Å². The molecule has 8 heteroatoms. The summed E-state index contributed by atoms with van der Waals surface area (Å²) in [5.74, 6) is 0.156. The Morgan fingerprint density at radius 2 is 2.04 bits per heavy atom. The van der Waals surface area contributed by atoms with Crippen molar-refractivity contribution in [1.29, 1.82) is 0 Å². The lowest BCUT2D eigenvalue weighted by Crippen LogP contribution is -2.38. The Balaban J connectivity index is 1.49. The van der Waals surface area contributed by atoms with E-state index < -0.39 is 10.0 Å². The molecule has 0 spiro atoms. The second-order valence-electron chi connectivity index (χ2n) is 6.37. The van der Waals surface area contributed by atoms with Crippen LogP contribution in [0.2, 0.25) is 0 Å². The molecule has 2 aliphatic rings. The quantitative estimate of drug-likeness (QED) is 0.716. The van der Waals surface area contributed by atoms with Crippen LogP contribution < -0.4 is 10.2 Å². The number of fused-ring (bicyclic) bond motifs is 1. The van der Waals surface area contributed by atoms with Crippen LogP contribution in [0.1, 0.15) is 13.3 Å². The first kappa shape index (κ1) is 19.2. The van der Waals surface area contributed by atoms with Crippen molar-refractivity contribution in [3.63, 3.8) is 0 Å². The molecule has 0 radical (unpaired) electrons. The first-order valence-electron chi connectivity index (χ1n) is 9.06. The lowest BCUT2D eigenvalue weighted by Gasteiger charge is -2.27. The Morgan fingerprint density at radius 3 is 2.78 bits per heavy atom. The number of amidine groups is 1. The van der Waals surface area contributed by atoms with E-state index in [1.807, 2.05) is 18.2 Å². The Bertz CT molecular complexity index is 875. The van der Waals surface area contributed by atoms with Crippen LogP contribution in [0.15, 0.2) is 58.7 Å². The molecule has 0 unspecified atom stereocenters. The molecule has 1 aromatic carbocycles. The molecule has 1 aromatic rings. The van der Waals surface area contributed by atoms with Gasteiger partial charge in [0.1, 0.15) is 5.84 Å². The first-order valence-corrected chi connectivity index (χ1v) is 10.7. The predicted octanol–water partition coefficient (Wildman–Crippen LogP) is 1.52. The second-order valence-corrected chi connectivity index (χ2v) is 8.13. The molecule has 0 atom stereocenters. The number of anilines is 1. The molecule has 7 nitrogen and oxygen atoms in total. The molecule has 0 saturated carbocycles. The van der Waals surface area contributed by atoms with Crippen molar-refractivity contribution in [3.05, 3.63) is 54.3 Å². The van der Waals surface area contributed by atoms with E-state index in [-0.39, 0.29) is 11.7 Å². The van der Waals surface area contributed by atoms with Crippen LogP contribution in [-0.2, 0) is 14.8 Å². The van der Waals surface area contributed by atoms with Crippen LogP contribution >= 0.6 is 0 Å². The topological polar surface area (TPSA) is 82.1 Å². The highest BCUT2D eigenvalue weighted by atomic mass is 32.2. The number of amides is 1.